The molecule has 6 heavy (non-hydrogen) atoms. The first-order valence-electron chi connectivity index (χ1n) is 0.873. The van der Waals surface area contributed by atoms with E-state index in [4.69, 9.17) is 0 Å². The van der Waals surface area contributed by atoms with Crippen molar-refractivity contribution >= 4 is 87.1 Å². The van der Waals surface area contributed by atoms with Crippen molar-refractivity contribution in [2.75, 3.05) is 0 Å². The van der Waals surface area contributed by atoms with Gasteiger partial charge in [-0.2, -0.15) is 0 Å². The molecule has 0 aromatic carbocycles. The fourth-order valence-electron chi connectivity index (χ4n) is 0. The molecule has 0 aliphatic rings. The molecule has 32 valence electrons. The van der Waals surface area contributed by atoms with Gasteiger partial charge in [0.25, 0.3) is 0 Å². The van der Waals surface area contributed by atoms with Gasteiger partial charge in [-0.15, -0.1) is 0 Å². The molecule has 0 aromatic rings. The van der Waals surface area contributed by atoms with E-state index in [-0.39, 0.29) is 27.1 Å². The SMILES string of the molecule is I[B-](I)(I)I.[Na+]. The average Bonchev–Trinajstić information content (AvgIpc) is 0.722. The first-order chi connectivity index (χ1) is 2.00. The minimum absolute atomic E-state index is 0. The minimum Gasteiger partial charge on any atom is -0.309 e. The van der Waals surface area contributed by atoms with Gasteiger partial charge in [0, 0.05) is 0 Å². The Morgan fingerprint density at radius 3 is 0.833 bits per heavy atom. The number of halogens is 4. The molecule has 0 aliphatic carbocycles. The zero-order valence-corrected chi connectivity index (χ0v) is 13.7. The van der Waals surface area contributed by atoms with Crippen LogP contribution in [0, 0.1) is 0 Å². The Morgan fingerprint density at radius 2 is 0.833 bits per heavy atom. The molecule has 0 rings (SSSR count). The molecule has 0 bridgehead atoms. The molecular weight excluding hydrogens is 541 g/mol. The second-order valence-corrected chi connectivity index (χ2v) is 22.3. The summed E-state index contributed by atoms with van der Waals surface area (Å²) in [5.74, 6) is 0. The first-order valence-corrected chi connectivity index (χ1v) is 5.86. The molecule has 0 saturated heterocycles. The van der Waals surface area contributed by atoms with Crippen LogP contribution in [0.15, 0.2) is 0 Å². The zero-order valence-electron chi connectivity index (χ0n) is 3.09. The van der Waals surface area contributed by atoms with E-state index >= 15 is 0 Å². The Bertz CT molecular complexity index is 23.0. The van der Waals surface area contributed by atoms with Crippen LogP contribution < -0.4 is 29.6 Å². The monoisotopic (exact) mass is 542 g/mol. The summed E-state index contributed by atoms with van der Waals surface area (Å²) < 4.78 is -0.120. The average molecular weight is 541 g/mol. The standard InChI is InChI=1S/BI4.Na/c2-1(3,4)5;/q-1;+1. The van der Waals surface area contributed by atoms with Gasteiger partial charge in [0.1, 0.15) is 0 Å². The van der Waals surface area contributed by atoms with Gasteiger partial charge in [0.05, 0.1) is 0 Å². The van der Waals surface area contributed by atoms with Crippen molar-refractivity contribution in [3.63, 3.8) is 0 Å². The van der Waals surface area contributed by atoms with Gasteiger partial charge in [-0.3, -0.25) is 0 Å². The third-order valence-corrected chi connectivity index (χ3v) is 0. The van der Waals surface area contributed by atoms with Gasteiger partial charge in [-0.05, 0) is 0 Å². The Kier molecular flexibility index (Phi) is 12.1. The van der Waals surface area contributed by atoms with Crippen molar-refractivity contribution < 1.29 is 29.6 Å². The van der Waals surface area contributed by atoms with Crippen LogP contribution in [0.5, 0.6) is 0 Å². The summed E-state index contributed by atoms with van der Waals surface area (Å²) in [5, 5.41) is 0. The van der Waals surface area contributed by atoms with Crippen LogP contribution in [0.2, 0.25) is 0 Å². The molecule has 0 spiro atoms. The first kappa shape index (κ1) is 12.6. The predicted octanol–water partition coefficient (Wildman–Crippen LogP) is 0.166. The zero-order chi connectivity index (χ0) is 4.50. The van der Waals surface area contributed by atoms with Crippen LogP contribution in [0.1, 0.15) is 0 Å². The van der Waals surface area contributed by atoms with Crippen LogP contribution in [0.3, 0.4) is 0 Å². The van der Waals surface area contributed by atoms with Crippen LogP contribution >= 0.6 is 89.5 Å². The van der Waals surface area contributed by atoms with E-state index in [0.29, 0.717) is 0 Å². The molecule has 0 nitrogen and oxygen atoms in total. The largest absolute Gasteiger partial charge is 1.00 e. The summed E-state index contributed by atoms with van der Waals surface area (Å²) in [6, 6.07) is 0. The molecule has 0 aromatic heterocycles. The Hall–Kier alpha value is 3.98. The van der Waals surface area contributed by atoms with E-state index in [2.05, 4.69) is 89.5 Å². The summed E-state index contributed by atoms with van der Waals surface area (Å²) in [6.45, 7) is 0. The summed E-state index contributed by atoms with van der Waals surface area (Å²) in [5.41, 5.74) is 0. The third kappa shape index (κ3) is 24.5. The van der Waals surface area contributed by atoms with Crippen molar-refractivity contribution in [1.29, 1.82) is 0 Å². The normalized spacial score (nSPS) is 10.0. The summed E-state index contributed by atoms with van der Waals surface area (Å²) in [4.78, 5) is 0. The molecule has 0 N–H and O–H groups in total. The maximum atomic E-state index is 2.40. The van der Waals surface area contributed by atoms with Gasteiger partial charge in [-0.25, -0.2) is 0 Å². The van der Waals surface area contributed by atoms with Crippen LogP contribution in [0.25, 0.3) is 0 Å². The van der Waals surface area contributed by atoms with Gasteiger partial charge in [0.15, 0.2) is 0 Å². The van der Waals surface area contributed by atoms with Crippen LogP contribution in [-0.2, 0) is 0 Å². The van der Waals surface area contributed by atoms with Crippen molar-refractivity contribution in [3.8, 4) is 0 Å². The summed E-state index contributed by atoms with van der Waals surface area (Å²) in [7, 11) is 0. The summed E-state index contributed by atoms with van der Waals surface area (Å²) in [6.07, 6.45) is 0. The van der Waals surface area contributed by atoms with Crippen molar-refractivity contribution in [1.82, 2.24) is 0 Å². The molecular formula is BI4Na. The van der Waals surface area contributed by atoms with Crippen LogP contribution in [-0.4, -0.2) is -2.43 Å². The topological polar surface area (TPSA) is 0 Å². The van der Waals surface area contributed by atoms with Crippen molar-refractivity contribution in [3.05, 3.63) is 0 Å². The fraction of sp³-hybridized carbons (Fsp3) is 0. The summed E-state index contributed by atoms with van der Waals surface area (Å²) >= 11 is 9.60. The van der Waals surface area contributed by atoms with E-state index in [1.807, 2.05) is 0 Å². The van der Waals surface area contributed by atoms with E-state index in [0.717, 1.165) is 0 Å². The molecule has 6 heteroatoms. The Labute approximate surface area is 113 Å². The predicted molar refractivity (Wildman–Crippen MR) is 61.8 cm³/mol. The van der Waals surface area contributed by atoms with Crippen molar-refractivity contribution in [2.24, 2.45) is 0 Å². The second kappa shape index (κ2) is 5.75. The molecule has 0 heterocycles. The van der Waals surface area contributed by atoms with Gasteiger partial charge in [-0.1, -0.05) is 0 Å². The number of rotatable bonds is 0. The Morgan fingerprint density at radius 1 is 0.833 bits per heavy atom. The Balaban J connectivity index is 0. The third-order valence-electron chi connectivity index (χ3n) is 0. The van der Waals surface area contributed by atoms with E-state index in [9.17, 15) is 0 Å². The second-order valence-electron chi connectivity index (χ2n) is 0.495. The van der Waals surface area contributed by atoms with Gasteiger partial charge in [0.2, 0.25) is -2.43 Å². The smallest absolute Gasteiger partial charge is 0.309 e. The van der Waals surface area contributed by atoms with E-state index in [1.54, 1.807) is 0 Å². The molecule has 0 atom stereocenters. The van der Waals surface area contributed by atoms with Crippen molar-refractivity contribution in [2.45, 2.75) is 0 Å². The molecule has 0 unspecified atom stereocenters. The van der Waals surface area contributed by atoms with E-state index < -0.39 is 0 Å². The molecule has 0 aliphatic heterocycles. The van der Waals surface area contributed by atoms with Gasteiger partial charge < -0.3 is 89.5 Å². The maximum Gasteiger partial charge on any atom is 1.00 e. The maximum absolute atomic E-state index is 2.40. The van der Waals surface area contributed by atoms with Gasteiger partial charge >= 0.3 is 29.6 Å². The molecule has 0 fully saturated rings. The number of hydrogen-bond donors (Lipinski definition) is 0. The quantitative estimate of drug-likeness (QED) is 0.303. The fourth-order valence-corrected chi connectivity index (χ4v) is 0. The molecule has 0 amide bonds. The van der Waals surface area contributed by atoms with Crippen LogP contribution in [0.4, 0.5) is 0 Å². The number of hydrogen-bond acceptors (Lipinski definition) is 0. The van der Waals surface area contributed by atoms with E-state index in [1.165, 1.54) is 0 Å². The molecule has 0 radical (unpaired) electrons. The minimum atomic E-state index is -0.120. The molecule has 0 saturated carbocycles.